The van der Waals surface area contributed by atoms with Crippen molar-refractivity contribution in [3.63, 3.8) is 0 Å². The minimum atomic E-state index is -0.774. The van der Waals surface area contributed by atoms with E-state index in [4.69, 9.17) is 10.5 Å². The number of benzene rings is 3. The Labute approximate surface area is 230 Å². The van der Waals surface area contributed by atoms with Gasteiger partial charge in [-0.2, -0.15) is 0 Å². The van der Waals surface area contributed by atoms with Crippen LogP contribution in [-0.2, 0) is 33.8 Å². The number of ether oxygens (including phenoxy) is 1. The number of rotatable bonds is 9. The number of amides is 5. The number of aromatic hydroxyl groups is 1. The SMILES string of the molecule is NCCOCCc1cccc2c(NC(=O)NCc3ccc4c(c3O)CN(C3CCC(=O)NC3=O)C4=O)cccc12. The highest BCUT2D eigenvalue weighted by Crippen LogP contribution is 2.35. The van der Waals surface area contributed by atoms with Gasteiger partial charge in [-0.25, -0.2) is 4.79 Å². The van der Waals surface area contributed by atoms with Crippen molar-refractivity contribution in [2.75, 3.05) is 25.1 Å². The molecule has 0 radical (unpaired) electrons. The molecule has 0 aliphatic carbocycles. The molecule has 2 aliphatic heterocycles. The molecule has 2 aliphatic rings. The fourth-order valence-corrected chi connectivity index (χ4v) is 5.23. The van der Waals surface area contributed by atoms with Crippen molar-refractivity contribution in [1.29, 1.82) is 0 Å². The number of phenols is 1. The summed E-state index contributed by atoms with van der Waals surface area (Å²) in [4.78, 5) is 50.9. The molecule has 1 saturated heterocycles. The molecule has 3 aromatic carbocycles. The smallest absolute Gasteiger partial charge is 0.319 e. The fourth-order valence-electron chi connectivity index (χ4n) is 5.23. The summed E-state index contributed by atoms with van der Waals surface area (Å²) in [6.45, 7) is 1.59. The second-order valence-corrected chi connectivity index (χ2v) is 9.78. The summed E-state index contributed by atoms with van der Waals surface area (Å²) in [5.41, 5.74) is 8.36. The van der Waals surface area contributed by atoms with Gasteiger partial charge in [0.25, 0.3) is 5.91 Å². The van der Waals surface area contributed by atoms with Gasteiger partial charge in [-0.05, 0) is 35.9 Å². The highest BCUT2D eigenvalue weighted by atomic mass is 16.5. The summed E-state index contributed by atoms with van der Waals surface area (Å²) in [6.07, 6.45) is 1.10. The monoisotopic (exact) mass is 545 g/mol. The summed E-state index contributed by atoms with van der Waals surface area (Å²) in [5.74, 6) is -1.36. The van der Waals surface area contributed by atoms with Crippen molar-refractivity contribution in [3.8, 4) is 5.75 Å². The molecule has 0 aromatic heterocycles. The van der Waals surface area contributed by atoms with Crippen LogP contribution >= 0.6 is 0 Å². The van der Waals surface area contributed by atoms with Crippen molar-refractivity contribution in [3.05, 3.63) is 70.8 Å². The second-order valence-electron chi connectivity index (χ2n) is 9.78. The number of hydrogen-bond donors (Lipinski definition) is 5. The van der Waals surface area contributed by atoms with Crippen LogP contribution in [0.1, 0.15) is 39.9 Å². The molecule has 1 unspecified atom stereocenters. The third-order valence-corrected chi connectivity index (χ3v) is 7.25. The maximum Gasteiger partial charge on any atom is 0.319 e. The van der Waals surface area contributed by atoms with E-state index in [1.165, 1.54) is 4.90 Å². The average molecular weight is 546 g/mol. The van der Waals surface area contributed by atoms with Gasteiger partial charge in [-0.1, -0.05) is 36.4 Å². The summed E-state index contributed by atoms with van der Waals surface area (Å²) in [5, 5.41) is 20.7. The topological polar surface area (TPSA) is 163 Å². The van der Waals surface area contributed by atoms with Crippen LogP contribution in [0.2, 0.25) is 0 Å². The largest absolute Gasteiger partial charge is 0.507 e. The number of nitrogens with zero attached hydrogens (tertiary/aromatic N) is 1. The lowest BCUT2D eigenvalue weighted by atomic mass is 10.0. The highest BCUT2D eigenvalue weighted by molar-refractivity contribution is 6.06. The molecule has 6 N–H and O–H groups in total. The first-order valence-electron chi connectivity index (χ1n) is 13.2. The number of piperidine rings is 1. The van der Waals surface area contributed by atoms with Crippen molar-refractivity contribution in [2.45, 2.75) is 38.4 Å². The van der Waals surface area contributed by atoms with E-state index in [1.807, 2.05) is 36.4 Å². The molecule has 1 atom stereocenters. The molecule has 3 aromatic rings. The van der Waals surface area contributed by atoms with Gasteiger partial charge >= 0.3 is 6.03 Å². The number of urea groups is 1. The number of phenolic OH excluding ortho intramolecular Hbond substituents is 1. The number of anilines is 1. The quantitative estimate of drug-likeness (QED) is 0.203. The summed E-state index contributed by atoms with van der Waals surface area (Å²) >= 11 is 0. The number of nitrogens with two attached hydrogens (primary N) is 1. The molecule has 5 amide bonds. The van der Waals surface area contributed by atoms with Gasteiger partial charge in [0.2, 0.25) is 11.8 Å². The molecule has 208 valence electrons. The van der Waals surface area contributed by atoms with E-state index >= 15 is 0 Å². The fraction of sp³-hybridized carbons (Fsp3) is 0.310. The minimum absolute atomic E-state index is 0.0199. The standard InChI is InChI=1S/C29H31N5O6/c30-12-14-40-13-11-17-3-1-5-20-19(17)4-2-6-23(20)32-29(39)31-15-18-7-8-21-22(26(18)36)16-34(28(21)38)24-9-10-25(35)33-27(24)37/h1-8,24,36H,9-16,30H2,(H2,31,32,39)(H,33,35,37). The van der Waals surface area contributed by atoms with Gasteiger partial charge in [-0.3, -0.25) is 19.7 Å². The van der Waals surface area contributed by atoms with Crippen molar-refractivity contribution in [2.24, 2.45) is 5.73 Å². The van der Waals surface area contributed by atoms with Crippen LogP contribution < -0.4 is 21.7 Å². The molecular formula is C29H31N5O6. The number of hydrogen-bond acceptors (Lipinski definition) is 7. The first kappa shape index (κ1) is 27.1. The third-order valence-electron chi connectivity index (χ3n) is 7.25. The van der Waals surface area contributed by atoms with E-state index in [0.29, 0.717) is 48.6 Å². The van der Waals surface area contributed by atoms with E-state index in [-0.39, 0.29) is 43.5 Å². The van der Waals surface area contributed by atoms with Crippen LogP contribution in [0.25, 0.3) is 10.8 Å². The zero-order valence-electron chi connectivity index (χ0n) is 21.9. The zero-order valence-corrected chi connectivity index (χ0v) is 21.9. The van der Waals surface area contributed by atoms with Crippen LogP contribution in [-0.4, -0.2) is 59.6 Å². The zero-order chi connectivity index (χ0) is 28.2. The lowest BCUT2D eigenvalue weighted by molar-refractivity contribution is -0.136. The van der Waals surface area contributed by atoms with Crippen LogP contribution in [0.15, 0.2) is 48.5 Å². The first-order chi connectivity index (χ1) is 19.4. The van der Waals surface area contributed by atoms with Crippen molar-refractivity contribution in [1.82, 2.24) is 15.5 Å². The predicted octanol–water partition coefficient (Wildman–Crippen LogP) is 2.15. The Balaban J connectivity index is 1.24. The molecule has 2 heterocycles. The number of carbonyl (C=O) groups excluding carboxylic acids is 4. The molecule has 0 saturated carbocycles. The number of nitrogens with one attached hydrogen (secondary N) is 3. The van der Waals surface area contributed by atoms with Crippen molar-refractivity contribution < 1.29 is 29.0 Å². The minimum Gasteiger partial charge on any atom is -0.507 e. The molecular weight excluding hydrogens is 514 g/mol. The Morgan fingerprint density at radius 2 is 1.85 bits per heavy atom. The van der Waals surface area contributed by atoms with E-state index in [0.717, 1.165) is 16.3 Å². The van der Waals surface area contributed by atoms with Crippen LogP contribution in [0, 0.1) is 0 Å². The number of carbonyl (C=O) groups is 4. The Hall–Kier alpha value is -4.48. The van der Waals surface area contributed by atoms with Crippen LogP contribution in [0.4, 0.5) is 10.5 Å². The summed E-state index contributed by atoms with van der Waals surface area (Å²) < 4.78 is 5.52. The van der Waals surface area contributed by atoms with Crippen molar-refractivity contribution >= 4 is 40.2 Å². The molecule has 0 bridgehead atoms. The number of fused-ring (bicyclic) bond motifs is 2. The Morgan fingerprint density at radius 3 is 2.65 bits per heavy atom. The number of imide groups is 1. The summed E-state index contributed by atoms with van der Waals surface area (Å²) in [6, 6.07) is 13.5. The Bertz CT molecular complexity index is 1490. The summed E-state index contributed by atoms with van der Waals surface area (Å²) in [7, 11) is 0. The van der Waals surface area contributed by atoms with Gasteiger partial charge in [-0.15, -0.1) is 0 Å². The predicted molar refractivity (Wildman–Crippen MR) is 148 cm³/mol. The third kappa shape index (κ3) is 5.47. The lowest BCUT2D eigenvalue weighted by Gasteiger charge is -2.29. The van der Waals surface area contributed by atoms with Crippen LogP contribution in [0.3, 0.4) is 0 Å². The van der Waals surface area contributed by atoms with Gasteiger partial charge in [0.15, 0.2) is 0 Å². The highest BCUT2D eigenvalue weighted by Gasteiger charge is 2.40. The van der Waals surface area contributed by atoms with E-state index in [2.05, 4.69) is 16.0 Å². The maximum absolute atomic E-state index is 12.9. The van der Waals surface area contributed by atoms with Gasteiger partial charge < -0.3 is 31.1 Å². The molecule has 11 nitrogen and oxygen atoms in total. The molecule has 0 spiro atoms. The van der Waals surface area contributed by atoms with Gasteiger partial charge in [0.1, 0.15) is 11.8 Å². The molecule has 40 heavy (non-hydrogen) atoms. The lowest BCUT2D eigenvalue weighted by Crippen LogP contribution is -2.52. The molecule has 11 heteroatoms. The average Bonchev–Trinajstić information content (AvgIpc) is 3.27. The first-order valence-corrected chi connectivity index (χ1v) is 13.2. The van der Waals surface area contributed by atoms with Crippen LogP contribution in [0.5, 0.6) is 5.75 Å². The Kier molecular flexibility index (Phi) is 7.94. The van der Waals surface area contributed by atoms with Gasteiger partial charge in [0.05, 0.1) is 25.4 Å². The van der Waals surface area contributed by atoms with Gasteiger partial charge in [0, 0.05) is 41.6 Å². The van der Waals surface area contributed by atoms with E-state index in [9.17, 15) is 24.3 Å². The van der Waals surface area contributed by atoms with E-state index < -0.39 is 18.0 Å². The molecule has 1 fully saturated rings. The maximum atomic E-state index is 12.9. The second kappa shape index (κ2) is 11.7. The molecule has 5 rings (SSSR count). The normalized spacial score (nSPS) is 16.7. The van der Waals surface area contributed by atoms with E-state index in [1.54, 1.807) is 12.1 Å². The Morgan fingerprint density at radius 1 is 1.05 bits per heavy atom.